The minimum Gasteiger partial charge on any atom is -0.392 e. The molecule has 2 unspecified atom stereocenters. The molecule has 0 saturated heterocycles. The number of aryl methyl sites for hydroxylation is 1. The maximum atomic E-state index is 10.5. The monoisotopic (exact) mass is 317 g/mol. The lowest BCUT2D eigenvalue weighted by Crippen LogP contribution is -2.20. The van der Waals surface area contributed by atoms with Crippen molar-refractivity contribution in [2.24, 2.45) is 0 Å². The third-order valence-electron chi connectivity index (χ3n) is 3.85. The number of hydrogen-bond acceptors (Lipinski definition) is 2. The van der Waals surface area contributed by atoms with Crippen LogP contribution in [0.1, 0.15) is 29.2 Å². The van der Waals surface area contributed by atoms with Crippen LogP contribution in [0.3, 0.4) is 0 Å². The quantitative estimate of drug-likeness (QED) is 0.940. The van der Waals surface area contributed by atoms with Gasteiger partial charge in [-0.1, -0.05) is 40.2 Å². The van der Waals surface area contributed by atoms with E-state index < -0.39 is 0 Å². The van der Waals surface area contributed by atoms with Crippen molar-refractivity contribution in [3.63, 3.8) is 0 Å². The molecule has 2 aromatic rings. The van der Waals surface area contributed by atoms with Gasteiger partial charge < -0.3 is 5.11 Å². The van der Waals surface area contributed by atoms with Gasteiger partial charge in [-0.15, -0.1) is 0 Å². The number of aromatic nitrogens is 1. The zero-order valence-electron chi connectivity index (χ0n) is 10.6. The second-order valence-corrected chi connectivity index (χ2v) is 5.91. The fourth-order valence-electron chi connectivity index (χ4n) is 2.85. The molecule has 2 atom stereocenters. The molecular formula is C16H16BrNO. The lowest BCUT2D eigenvalue weighted by Gasteiger charge is -2.19. The molecule has 1 aromatic heterocycles. The minimum atomic E-state index is -0.366. The number of fused-ring (bicyclic) bond motifs is 1. The molecule has 0 radical (unpaired) electrons. The van der Waals surface area contributed by atoms with Gasteiger partial charge in [-0.3, -0.25) is 4.98 Å². The second kappa shape index (κ2) is 5.43. The molecule has 1 aliphatic carbocycles. The van der Waals surface area contributed by atoms with Crippen LogP contribution in [0.25, 0.3) is 0 Å². The summed E-state index contributed by atoms with van der Waals surface area (Å²) in [4.78, 5) is 4.45. The predicted molar refractivity (Wildman–Crippen MR) is 79.2 cm³/mol. The average molecular weight is 318 g/mol. The molecular weight excluding hydrogens is 302 g/mol. The van der Waals surface area contributed by atoms with E-state index >= 15 is 0 Å². The Morgan fingerprint density at radius 3 is 2.95 bits per heavy atom. The Kier molecular flexibility index (Phi) is 3.67. The summed E-state index contributed by atoms with van der Waals surface area (Å²) in [6, 6.07) is 12.2. The topological polar surface area (TPSA) is 33.1 Å². The van der Waals surface area contributed by atoms with E-state index in [1.54, 1.807) is 0 Å². The van der Waals surface area contributed by atoms with Gasteiger partial charge in [-0.05, 0) is 36.1 Å². The van der Waals surface area contributed by atoms with E-state index in [0.29, 0.717) is 6.42 Å². The van der Waals surface area contributed by atoms with Crippen molar-refractivity contribution >= 4 is 15.9 Å². The van der Waals surface area contributed by atoms with Gasteiger partial charge in [-0.25, -0.2) is 0 Å². The van der Waals surface area contributed by atoms with Gasteiger partial charge in [0.05, 0.1) is 6.10 Å². The van der Waals surface area contributed by atoms with Crippen molar-refractivity contribution < 1.29 is 5.11 Å². The number of benzene rings is 1. The van der Waals surface area contributed by atoms with E-state index in [-0.39, 0.29) is 12.0 Å². The van der Waals surface area contributed by atoms with Crippen LogP contribution in [0.5, 0.6) is 0 Å². The molecule has 0 aliphatic heterocycles. The smallest absolute Gasteiger partial charge is 0.0664 e. The Labute approximate surface area is 121 Å². The van der Waals surface area contributed by atoms with E-state index in [9.17, 15) is 5.11 Å². The summed E-state index contributed by atoms with van der Waals surface area (Å²) < 4.78 is 1.06. The highest BCUT2D eigenvalue weighted by Crippen LogP contribution is 2.35. The highest BCUT2D eigenvalue weighted by Gasteiger charge is 2.29. The third kappa shape index (κ3) is 2.58. The molecule has 0 saturated carbocycles. The first kappa shape index (κ1) is 12.8. The number of aliphatic hydroxyl groups is 1. The molecule has 98 valence electrons. The van der Waals surface area contributed by atoms with E-state index in [1.165, 1.54) is 5.56 Å². The fourth-order valence-corrected chi connectivity index (χ4v) is 3.30. The molecule has 0 bridgehead atoms. The maximum Gasteiger partial charge on any atom is 0.0664 e. The predicted octanol–water partition coefficient (Wildman–Crippen LogP) is 3.48. The molecule has 1 heterocycles. The molecule has 3 heteroatoms. The lowest BCUT2D eigenvalue weighted by atomic mass is 9.94. The van der Waals surface area contributed by atoms with Crippen LogP contribution >= 0.6 is 15.9 Å². The first-order valence-electron chi connectivity index (χ1n) is 6.61. The Bertz CT molecular complexity index is 584. The van der Waals surface area contributed by atoms with Crippen molar-refractivity contribution in [1.82, 2.24) is 4.98 Å². The highest BCUT2D eigenvalue weighted by atomic mass is 79.9. The highest BCUT2D eigenvalue weighted by molar-refractivity contribution is 9.10. The number of rotatable bonds is 3. The SMILES string of the molecule is OC(Cc1ccccc1Br)C1CCc2cccnc21. The van der Waals surface area contributed by atoms with E-state index in [1.807, 2.05) is 30.5 Å². The van der Waals surface area contributed by atoms with Crippen molar-refractivity contribution in [2.75, 3.05) is 0 Å². The fraction of sp³-hybridized carbons (Fsp3) is 0.312. The van der Waals surface area contributed by atoms with Crippen LogP contribution in [0, 0.1) is 0 Å². The molecule has 1 aliphatic rings. The molecule has 0 spiro atoms. The van der Waals surface area contributed by atoms with E-state index in [4.69, 9.17) is 0 Å². The summed E-state index contributed by atoms with van der Waals surface area (Å²) in [5.41, 5.74) is 3.53. The van der Waals surface area contributed by atoms with Crippen LogP contribution in [-0.2, 0) is 12.8 Å². The Morgan fingerprint density at radius 2 is 2.11 bits per heavy atom. The van der Waals surface area contributed by atoms with Gasteiger partial charge in [0.2, 0.25) is 0 Å². The standard InChI is InChI=1S/C16H16BrNO/c17-14-6-2-1-4-12(14)10-15(19)13-8-7-11-5-3-9-18-16(11)13/h1-6,9,13,15,19H,7-8,10H2. The average Bonchev–Trinajstić information content (AvgIpc) is 2.85. The zero-order chi connectivity index (χ0) is 13.2. The molecule has 3 rings (SSSR count). The summed E-state index contributed by atoms with van der Waals surface area (Å²) in [6.07, 6.45) is 4.15. The first-order chi connectivity index (χ1) is 9.25. The van der Waals surface area contributed by atoms with Gasteiger partial charge in [0.15, 0.2) is 0 Å². The van der Waals surface area contributed by atoms with Crippen LogP contribution < -0.4 is 0 Å². The van der Waals surface area contributed by atoms with Crippen molar-refractivity contribution in [2.45, 2.75) is 31.3 Å². The van der Waals surface area contributed by atoms with Crippen molar-refractivity contribution in [3.05, 3.63) is 63.9 Å². The van der Waals surface area contributed by atoms with Crippen LogP contribution in [-0.4, -0.2) is 16.2 Å². The Balaban J connectivity index is 1.79. The maximum absolute atomic E-state index is 10.5. The van der Waals surface area contributed by atoms with Gasteiger partial charge in [0.25, 0.3) is 0 Å². The third-order valence-corrected chi connectivity index (χ3v) is 4.63. The lowest BCUT2D eigenvalue weighted by molar-refractivity contribution is 0.141. The van der Waals surface area contributed by atoms with Gasteiger partial charge in [0, 0.05) is 28.7 Å². The van der Waals surface area contributed by atoms with Crippen LogP contribution in [0.2, 0.25) is 0 Å². The molecule has 1 aromatic carbocycles. The number of pyridine rings is 1. The van der Waals surface area contributed by atoms with Gasteiger partial charge in [0.1, 0.15) is 0 Å². The molecule has 19 heavy (non-hydrogen) atoms. The van der Waals surface area contributed by atoms with Gasteiger partial charge >= 0.3 is 0 Å². The van der Waals surface area contributed by atoms with E-state index in [0.717, 1.165) is 28.6 Å². The number of aliphatic hydroxyl groups excluding tert-OH is 1. The van der Waals surface area contributed by atoms with Crippen molar-refractivity contribution in [1.29, 1.82) is 0 Å². The summed E-state index contributed by atoms with van der Waals surface area (Å²) in [5, 5.41) is 10.5. The Hall–Kier alpha value is -1.19. The summed E-state index contributed by atoms with van der Waals surface area (Å²) >= 11 is 3.54. The van der Waals surface area contributed by atoms with Gasteiger partial charge in [-0.2, -0.15) is 0 Å². The molecule has 0 amide bonds. The van der Waals surface area contributed by atoms with Crippen LogP contribution in [0.15, 0.2) is 47.1 Å². The summed E-state index contributed by atoms with van der Waals surface area (Å²) in [6.45, 7) is 0. The zero-order valence-corrected chi connectivity index (χ0v) is 12.2. The normalized spacial score (nSPS) is 19.2. The molecule has 1 N–H and O–H groups in total. The largest absolute Gasteiger partial charge is 0.392 e. The number of hydrogen-bond donors (Lipinski definition) is 1. The molecule has 0 fully saturated rings. The minimum absolute atomic E-state index is 0.170. The number of halogens is 1. The summed E-state index contributed by atoms with van der Waals surface area (Å²) in [7, 11) is 0. The first-order valence-corrected chi connectivity index (χ1v) is 7.40. The van der Waals surface area contributed by atoms with Crippen molar-refractivity contribution in [3.8, 4) is 0 Å². The molecule has 2 nitrogen and oxygen atoms in total. The van der Waals surface area contributed by atoms with Crippen LogP contribution in [0.4, 0.5) is 0 Å². The summed E-state index contributed by atoms with van der Waals surface area (Å²) in [5.74, 6) is 0.170. The Morgan fingerprint density at radius 1 is 1.26 bits per heavy atom. The van der Waals surface area contributed by atoms with E-state index in [2.05, 4.69) is 33.0 Å². The number of nitrogens with zero attached hydrogens (tertiary/aromatic N) is 1. The second-order valence-electron chi connectivity index (χ2n) is 5.06.